The average Bonchev–Trinajstić information content (AvgIpc) is 2.65. The first-order valence-electron chi connectivity index (χ1n) is 9.87. The fourth-order valence-electron chi connectivity index (χ4n) is 4.01. The standard InChI is InChI=1S/C22H26N2O5S/c1-14-9-10-19-17(11-14)24(30(4,26)27)13-20(28-19)21(25)23-16-12-22(2,3)29-18-8-6-5-7-15(16)18/h5-11,16,20H,12-13H2,1-4H3,(H,23,25)/t16-,20-/m1/s1. The van der Waals surface area contributed by atoms with E-state index < -0.39 is 21.7 Å². The molecule has 1 amide bonds. The molecule has 0 saturated carbocycles. The third kappa shape index (κ3) is 3.96. The lowest BCUT2D eigenvalue weighted by Gasteiger charge is -2.39. The highest BCUT2D eigenvalue weighted by atomic mass is 32.2. The molecule has 2 aliphatic rings. The second-order valence-electron chi connectivity index (χ2n) is 8.54. The SMILES string of the molecule is Cc1ccc2c(c1)N(S(C)(=O)=O)C[C@H](C(=O)N[C@@H]1CC(C)(C)Oc3ccccc31)O2. The molecule has 2 aromatic rings. The van der Waals surface area contributed by atoms with E-state index in [1.54, 1.807) is 12.1 Å². The lowest BCUT2D eigenvalue weighted by Crippen LogP contribution is -2.52. The molecule has 0 fully saturated rings. The third-order valence-corrected chi connectivity index (χ3v) is 6.52. The summed E-state index contributed by atoms with van der Waals surface area (Å²) < 4.78 is 38.0. The van der Waals surface area contributed by atoms with E-state index in [2.05, 4.69) is 5.32 Å². The Balaban J connectivity index is 1.61. The van der Waals surface area contributed by atoms with Crippen molar-refractivity contribution in [3.05, 3.63) is 53.6 Å². The molecule has 4 rings (SSSR count). The van der Waals surface area contributed by atoms with E-state index in [9.17, 15) is 13.2 Å². The largest absolute Gasteiger partial charge is 0.487 e. The molecule has 7 nitrogen and oxygen atoms in total. The molecule has 2 heterocycles. The van der Waals surface area contributed by atoms with Gasteiger partial charge in [0.1, 0.15) is 17.1 Å². The highest BCUT2D eigenvalue weighted by Crippen LogP contribution is 2.40. The molecule has 30 heavy (non-hydrogen) atoms. The van der Waals surface area contributed by atoms with Gasteiger partial charge < -0.3 is 14.8 Å². The molecule has 0 saturated heterocycles. The number of nitrogens with zero attached hydrogens (tertiary/aromatic N) is 1. The van der Waals surface area contributed by atoms with Crippen LogP contribution in [0.15, 0.2) is 42.5 Å². The van der Waals surface area contributed by atoms with Gasteiger partial charge in [-0.2, -0.15) is 0 Å². The molecule has 0 spiro atoms. The summed E-state index contributed by atoms with van der Waals surface area (Å²) in [4.78, 5) is 13.1. The van der Waals surface area contributed by atoms with Crippen molar-refractivity contribution < 1.29 is 22.7 Å². The maximum atomic E-state index is 13.1. The predicted octanol–water partition coefficient (Wildman–Crippen LogP) is 2.94. The van der Waals surface area contributed by atoms with Crippen molar-refractivity contribution in [2.75, 3.05) is 17.1 Å². The van der Waals surface area contributed by atoms with Crippen LogP contribution in [0.4, 0.5) is 5.69 Å². The number of carbonyl (C=O) groups is 1. The van der Waals surface area contributed by atoms with Gasteiger partial charge in [-0.1, -0.05) is 24.3 Å². The van der Waals surface area contributed by atoms with Crippen LogP contribution >= 0.6 is 0 Å². The molecule has 8 heteroatoms. The van der Waals surface area contributed by atoms with Gasteiger partial charge in [0.2, 0.25) is 10.0 Å². The van der Waals surface area contributed by atoms with Crippen LogP contribution in [-0.4, -0.2) is 38.8 Å². The number of sulfonamides is 1. The second-order valence-corrected chi connectivity index (χ2v) is 10.4. The Labute approximate surface area is 177 Å². The van der Waals surface area contributed by atoms with Gasteiger partial charge in [-0.15, -0.1) is 0 Å². The zero-order chi connectivity index (χ0) is 21.7. The molecule has 0 aliphatic carbocycles. The molecule has 160 valence electrons. The molecule has 2 atom stereocenters. The summed E-state index contributed by atoms with van der Waals surface area (Å²) in [6, 6.07) is 12.6. The van der Waals surface area contributed by atoms with Gasteiger partial charge in [-0.25, -0.2) is 8.42 Å². The topological polar surface area (TPSA) is 84.9 Å². The molecular formula is C22H26N2O5S. The van der Waals surface area contributed by atoms with Gasteiger partial charge in [0, 0.05) is 12.0 Å². The zero-order valence-electron chi connectivity index (χ0n) is 17.5. The van der Waals surface area contributed by atoms with E-state index in [-0.39, 0.29) is 18.5 Å². The normalized spacial score (nSPS) is 22.2. The fourth-order valence-corrected chi connectivity index (χ4v) is 4.91. The Kier molecular flexibility index (Phi) is 4.92. The highest BCUT2D eigenvalue weighted by Gasteiger charge is 2.39. The molecule has 2 aliphatic heterocycles. The zero-order valence-corrected chi connectivity index (χ0v) is 18.3. The van der Waals surface area contributed by atoms with E-state index in [0.29, 0.717) is 17.9 Å². The van der Waals surface area contributed by atoms with Crippen LogP contribution in [0.1, 0.15) is 37.4 Å². The van der Waals surface area contributed by atoms with Gasteiger partial charge in [0.25, 0.3) is 5.91 Å². The quantitative estimate of drug-likeness (QED) is 0.809. The van der Waals surface area contributed by atoms with Crippen LogP contribution < -0.4 is 19.1 Å². The van der Waals surface area contributed by atoms with Crippen LogP contribution in [-0.2, 0) is 14.8 Å². The number of hydrogen-bond donors (Lipinski definition) is 1. The van der Waals surface area contributed by atoms with E-state index in [1.807, 2.05) is 51.1 Å². The first-order valence-corrected chi connectivity index (χ1v) is 11.7. The van der Waals surface area contributed by atoms with Crippen LogP contribution in [0, 0.1) is 6.92 Å². The smallest absolute Gasteiger partial charge is 0.263 e. The molecule has 2 aromatic carbocycles. The van der Waals surface area contributed by atoms with Crippen molar-refractivity contribution in [1.82, 2.24) is 5.32 Å². The van der Waals surface area contributed by atoms with Crippen LogP contribution in [0.25, 0.3) is 0 Å². The molecule has 0 radical (unpaired) electrons. The molecular weight excluding hydrogens is 404 g/mol. The summed E-state index contributed by atoms with van der Waals surface area (Å²) in [7, 11) is -3.57. The lowest BCUT2D eigenvalue weighted by atomic mass is 9.89. The number of rotatable bonds is 3. The van der Waals surface area contributed by atoms with Gasteiger partial charge in [0.05, 0.1) is 24.5 Å². The van der Waals surface area contributed by atoms with Gasteiger partial charge >= 0.3 is 0 Å². The summed E-state index contributed by atoms with van der Waals surface area (Å²) in [5.41, 5.74) is 1.83. The Bertz CT molecular complexity index is 1100. The van der Waals surface area contributed by atoms with Gasteiger partial charge in [0.15, 0.2) is 6.10 Å². The fraction of sp³-hybridized carbons (Fsp3) is 0.409. The van der Waals surface area contributed by atoms with E-state index >= 15 is 0 Å². The van der Waals surface area contributed by atoms with E-state index in [1.165, 1.54) is 4.31 Å². The molecule has 0 aromatic heterocycles. The van der Waals surface area contributed by atoms with Crippen molar-refractivity contribution in [3.63, 3.8) is 0 Å². The number of anilines is 1. The molecule has 0 bridgehead atoms. The maximum absolute atomic E-state index is 13.1. The Morgan fingerprint density at radius 3 is 2.63 bits per heavy atom. The van der Waals surface area contributed by atoms with Gasteiger partial charge in [-0.05, 0) is 44.5 Å². The number of benzene rings is 2. The number of ether oxygens (including phenoxy) is 2. The van der Waals surface area contributed by atoms with Gasteiger partial charge in [-0.3, -0.25) is 9.10 Å². The minimum Gasteiger partial charge on any atom is -0.487 e. The van der Waals surface area contributed by atoms with Crippen molar-refractivity contribution in [3.8, 4) is 11.5 Å². The Hall–Kier alpha value is -2.74. The Morgan fingerprint density at radius 1 is 1.17 bits per heavy atom. The van der Waals surface area contributed by atoms with Crippen LogP contribution in [0.2, 0.25) is 0 Å². The molecule has 0 unspecified atom stereocenters. The van der Waals surface area contributed by atoms with Crippen molar-refractivity contribution in [2.45, 2.75) is 44.9 Å². The monoisotopic (exact) mass is 430 g/mol. The number of carbonyl (C=O) groups excluding carboxylic acids is 1. The number of para-hydroxylation sites is 1. The van der Waals surface area contributed by atoms with Crippen molar-refractivity contribution in [1.29, 1.82) is 0 Å². The summed E-state index contributed by atoms with van der Waals surface area (Å²) >= 11 is 0. The number of fused-ring (bicyclic) bond motifs is 2. The summed E-state index contributed by atoms with van der Waals surface area (Å²) in [6.07, 6.45) is 0.776. The maximum Gasteiger partial charge on any atom is 0.263 e. The number of amides is 1. The first kappa shape index (κ1) is 20.5. The van der Waals surface area contributed by atoms with Crippen molar-refractivity contribution in [2.24, 2.45) is 0 Å². The summed E-state index contributed by atoms with van der Waals surface area (Å²) in [5.74, 6) is 0.764. The van der Waals surface area contributed by atoms with Crippen molar-refractivity contribution >= 4 is 21.6 Å². The number of aryl methyl sites for hydroxylation is 1. The minimum absolute atomic E-state index is 0.0740. The summed E-state index contributed by atoms with van der Waals surface area (Å²) in [5, 5.41) is 3.05. The lowest BCUT2D eigenvalue weighted by molar-refractivity contribution is -0.129. The van der Waals surface area contributed by atoms with E-state index in [4.69, 9.17) is 9.47 Å². The van der Waals surface area contributed by atoms with Crippen LogP contribution in [0.3, 0.4) is 0 Å². The number of hydrogen-bond acceptors (Lipinski definition) is 5. The summed E-state index contributed by atoms with van der Waals surface area (Å²) in [6.45, 7) is 5.76. The highest BCUT2D eigenvalue weighted by molar-refractivity contribution is 7.92. The van der Waals surface area contributed by atoms with Crippen LogP contribution in [0.5, 0.6) is 11.5 Å². The van der Waals surface area contributed by atoms with E-state index in [0.717, 1.165) is 23.1 Å². The second kappa shape index (κ2) is 7.19. The number of nitrogens with one attached hydrogen (secondary N) is 1. The average molecular weight is 431 g/mol. The minimum atomic E-state index is -3.57. The third-order valence-electron chi connectivity index (χ3n) is 5.37. The molecule has 1 N–H and O–H groups in total. The Morgan fingerprint density at radius 2 is 1.90 bits per heavy atom. The predicted molar refractivity (Wildman–Crippen MR) is 114 cm³/mol. The first-order chi connectivity index (χ1) is 14.0.